The molecule has 2 unspecified atom stereocenters. The Kier molecular flexibility index (Phi) is 7.71. The molecule has 4 atom stereocenters. The Morgan fingerprint density at radius 3 is 2.97 bits per heavy atom. The van der Waals surface area contributed by atoms with Crippen LogP contribution in [0.5, 0.6) is 0 Å². The molecule has 0 spiro atoms. The van der Waals surface area contributed by atoms with Gasteiger partial charge in [0, 0.05) is 45.0 Å². The van der Waals surface area contributed by atoms with Crippen molar-refractivity contribution < 1.29 is 14.6 Å². The van der Waals surface area contributed by atoms with Crippen LogP contribution in [-0.4, -0.2) is 60.5 Å². The summed E-state index contributed by atoms with van der Waals surface area (Å²) < 4.78 is 11.8. The van der Waals surface area contributed by atoms with Crippen molar-refractivity contribution in [1.29, 1.82) is 0 Å². The number of nitrogens with one attached hydrogen (secondary N) is 1. The van der Waals surface area contributed by atoms with Gasteiger partial charge in [0.2, 0.25) is 0 Å². The van der Waals surface area contributed by atoms with Gasteiger partial charge in [-0.3, -0.25) is 4.90 Å². The van der Waals surface area contributed by atoms with Gasteiger partial charge < -0.3 is 19.9 Å². The number of benzene rings is 1. The van der Waals surface area contributed by atoms with Crippen LogP contribution in [0.15, 0.2) is 48.7 Å². The Bertz CT molecular complexity index is 1030. The molecule has 1 saturated heterocycles. The Morgan fingerprint density at radius 2 is 2.14 bits per heavy atom. The first-order valence-corrected chi connectivity index (χ1v) is 13.2. The molecule has 0 amide bonds. The standard InChI is InChI=1S/C29H39N3O3/c1-20(33)28(25-11-4-3-10-24(25)26-18-27(26)34-2)32-16-14-23(19-32)35-17-6-5-9-22-13-12-21-8-7-15-30-29(21)31-22/h3-4,10-13,23,26-28,33H,1,5-9,14-19H2,2H3,(H,30,31)/t23-,26?,27-,28?/m1/s1. The van der Waals surface area contributed by atoms with Crippen molar-refractivity contribution in [2.24, 2.45) is 0 Å². The second kappa shape index (κ2) is 11.1. The number of hydrogen-bond acceptors (Lipinski definition) is 6. The van der Waals surface area contributed by atoms with E-state index < -0.39 is 0 Å². The molecule has 2 N–H and O–H groups in total. The summed E-state index contributed by atoms with van der Waals surface area (Å²) in [6, 6.07) is 12.6. The van der Waals surface area contributed by atoms with E-state index in [0.29, 0.717) is 5.92 Å². The largest absolute Gasteiger partial charge is 0.511 e. The van der Waals surface area contributed by atoms with Crippen LogP contribution in [0.25, 0.3) is 0 Å². The van der Waals surface area contributed by atoms with Crippen LogP contribution < -0.4 is 5.32 Å². The molecule has 2 aliphatic heterocycles. The SMILES string of the molecule is C=C(O)C(c1ccccc1C1C[C@H]1OC)N1CC[C@@H](OCCCCc2ccc3c(n2)NCCC3)C1. The predicted octanol–water partition coefficient (Wildman–Crippen LogP) is 5.17. The average molecular weight is 478 g/mol. The number of hydrogen-bond donors (Lipinski definition) is 2. The number of fused-ring (bicyclic) bond motifs is 1. The van der Waals surface area contributed by atoms with E-state index in [-0.39, 0.29) is 24.0 Å². The lowest BCUT2D eigenvalue weighted by Crippen LogP contribution is -2.30. The minimum Gasteiger partial charge on any atom is -0.511 e. The third-order valence-electron chi connectivity index (χ3n) is 7.71. The van der Waals surface area contributed by atoms with E-state index >= 15 is 0 Å². The van der Waals surface area contributed by atoms with E-state index in [1.54, 1.807) is 7.11 Å². The minimum absolute atomic E-state index is 0.193. The molecule has 1 saturated carbocycles. The van der Waals surface area contributed by atoms with E-state index in [1.165, 1.54) is 23.2 Å². The first-order valence-electron chi connectivity index (χ1n) is 13.2. The van der Waals surface area contributed by atoms with Crippen molar-refractivity contribution in [3.8, 4) is 0 Å². The zero-order valence-electron chi connectivity index (χ0n) is 20.9. The number of aliphatic hydroxyl groups excluding tert-OH is 1. The highest BCUT2D eigenvalue weighted by atomic mass is 16.5. The molecule has 2 fully saturated rings. The number of aryl methyl sites for hydroxylation is 2. The van der Waals surface area contributed by atoms with Gasteiger partial charge in [-0.25, -0.2) is 4.98 Å². The molecule has 188 valence electrons. The molecule has 1 aliphatic carbocycles. The number of unbranched alkanes of at least 4 members (excludes halogenated alkanes) is 1. The summed E-state index contributed by atoms with van der Waals surface area (Å²) in [7, 11) is 1.78. The Morgan fingerprint density at radius 1 is 1.26 bits per heavy atom. The van der Waals surface area contributed by atoms with Gasteiger partial charge in [-0.05, 0) is 67.7 Å². The van der Waals surface area contributed by atoms with Crippen LogP contribution in [0.2, 0.25) is 0 Å². The second-order valence-corrected chi connectivity index (χ2v) is 10.2. The van der Waals surface area contributed by atoms with Gasteiger partial charge in [0.05, 0.1) is 18.2 Å². The Labute approximate surface area is 209 Å². The number of rotatable bonds is 11. The van der Waals surface area contributed by atoms with Gasteiger partial charge in [0.15, 0.2) is 0 Å². The van der Waals surface area contributed by atoms with Crippen molar-refractivity contribution in [3.63, 3.8) is 0 Å². The summed E-state index contributed by atoms with van der Waals surface area (Å²) in [6.07, 6.45) is 7.92. The summed E-state index contributed by atoms with van der Waals surface area (Å²) in [4.78, 5) is 7.12. The number of likely N-dealkylation sites (tertiary alicyclic amines) is 1. The lowest BCUT2D eigenvalue weighted by Gasteiger charge is -2.29. The number of nitrogens with zero attached hydrogens (tertiary/aromatic N) is 2. The molecule has 1 aromatic heterocycles. The van der Waals surface area contributed by atoms with E-state index in [2.05, 4.69) is 53.2 Å². The fourth-order valence-electron chi connectivity index (χ4n) is 5.73. The predicted molar refractivity (Wildman–Crippen MR) is 139 cm³/mol. The van der Waals surface area contributed by atoms with Gasteiger partial charge in [-0.1, -0.05) is 36.9 Å². The minimum atomic E-state index is -0.193. The number of methoxy groups -OCH3 is 1. The van der Waals surface area contributed by atoms with Gasteiger partial charge in [-0.15, -0.1) is 0 Å². The van der Waals surface area contributed by atoms with Crippen LogP contribution in [0.1, 0.15) is 66.4 Å². The van der Waals surface area contributed by atoms with Crippen LogP contribution in [0, 0.1) is 0 Å². The highest BCUT2D eigenvalue weighted by molar-refractivity contribution is 5.47. The molecule has 1 aromatic carbocycles. The van der Waals surface area contributed by atoms with Crippen LogP contribution in [-0.2, 0) is 22.3 Å². The molecule has 3 aliphatic rings. The number of anilines is 1. The molecular formula is C29H39N3O3. The van der Waals surface area contributed by atoms with E-state index in [1.807, 2.05) is 0 Å². The molecular weight excluding hydrogens is 438 g/mol. The first kappa shape index (κ1) is 24.3. The fourth-order valence-corrected chi connectivity index (χ4v) is 5.73. The Hall–Kier alpha value is -2.41. The molecule has 6 heteroatoms. The number of aliphatic hydroxyl groups is 1. The van der Waals surface area contributed by atoms with Gasteiger partial charge in [-0.2, -0.15) is 0 Å². The Balaban J connectivity index is 1.10. The maximum Gasteiger partial charge on any atom is 0.129 e. The zero-order valence-corrected chi connectivity index (χ0v) is 20.9. The number of pyridine rings is 1. The van der Waals surface area contributed by atoms with Gasteiger partial charge in [0.1, 0.15) is 11.6 Å². The van der Waals surface area contributed by atoms with Crippen LogP contribution >= 0.6 is 0 Å². The van der Waals surface area contributed by atoms with Gasteiger partial charge >= 0.3 is 0 Å². The summed E-state index contributed by atoms with van der Waals surface area (Å²) in [6.45, 7) is 7.44. The molecule has 0 radical (unpaired) electrons. The normalized spacial score (nSPS) is 24.5. The highest BCUT2D eigenvalue weighted by Crippen LogP contribution is 2.47. The fraction of sp³-hybridized carbons (Fsp3) is 0.552. The quantitative estimate of drug-likeness (QED) is 0.344. The van der Waals surface area contributed by atoms with Crippen LogP contribution in [0.3, 0.4) is 0 Å². The summed E-state index contributed by atoms with van der Waals surface area (Å²) in [5, 5.41) is 14.0. The molecule has 0 bridgehead atoms. The lowest BCUT2D eigenvalue weighted by atomic mass is 9.95. The summed E-state index contributed by atoms with van der Waals surface area (Å²) in [5.41, 5.74) is 4.93. The number of ether oxygens (including phenoxy) is 2. The maximum atomic E-state index is 10.6. The van der Waals surface area contributed by atoms with Crippen molar-refractivity contribution >= 4 is 5.82 Å². The van der Waals surface area contributed by atoms with Crippen molar-refractivity contribution in [2.45, 2.75) is 69.1 Å². The first-order chi connectivity index (χ1) is 17.1. The van der Waals surface area contributed by atoms with E-state index in [4.69, 9.17) is 14.5 Å². The molecule has 2 aromatic rings. The molecule has 3 heterocycles. The van der Waals surface area contributed by atoms with Crippen molar-refractivity contribution in [1.82, 2.24) is 9.88 Å². The van der Waals surface area contributed by atoms with E-state index in [9.17, 15) is 5.11 Å². The van der Waals surface area contributed by atoms with Crippen molar-refractivity contribution in [3.05, 3.63) is 71.1 Å². The number of aromatic nitrogens is 1. The van der Waals surface area contributed by atoms with E-state index in [0.717, 1.165) is 76.1 Å². The highest BCUT2D eigenvalue weighted by Gasteiger charge is 2.42. The second-order valence-electron chi connectivity index (χ2n) is 10.2. The third-order valence-corrected chi connectivity index (χ3v) is 7.71. The molecule has 5 rings (SSSR count). The topological polar surface area (TPSA) is 66.9 Å². The summed E-state index contributed by atoms with van der Waals surface area (Å²) in [5.74, 6) is 1.70. The smallest absolute Gasteiger partial charge is 0.129 e. The lowest BCUT2D eigenvalue weighted by molar-refractivity contribution is 0.0524. The van der Waals surface area contributed by atoms with Gasteiger partial charge in [0.25, 0.3) is 0 Å². The maximum absolute atomic E-state index is 10.6. The summed E-state index contributed by atoms with van der Waals surface area (Å²) >= 11 is 0. The van der Waals surface area contributed by atoms with Crippen molar-refractivity contribution in [2.75, 3.05) is 38.7 Å². The molecule has 35 heavy (non-hydrogen) atoms. The molecule has 6 nitrogen and oxygen atoms in total. The monoisotopic (exact) mass is 477 g/mol. The zero-order chi connectivity index (χ0) is 24.2. The third kappa shape index (κ3) is 5.71. The average Bonchev–Trinajstić information content (AvgIpc) is 3.53. The van der Waals surface area contributed by atoms with Crippen LogP contribution in [0.4, 0.5) is 5.82 Å².